The highest BCUT2D eigenvalue weighted by molar-refractivity contribution is 6.02. The summed E-state index contributed by atoms with van der Waals surface area (Å²) in [6, 6.07) is 8.03. The molecule has 2 fully saturated rings. The molecule has 0 aliphatic carbocycles. The van der Waals surface area contributed by atoms with Crippen molar-refractivity contribution < 1.29 is 4.79 Å². The third-order valence-corrected chi connectivity index (χ3v) is 5.85. The Balaban J connectivity index is 1.39. The molecular formula is C20H18N6O. The highest BCUT2D eigenvalue weighted by Gasteiger charge is 2.49. The van der Waals surface area contributed by atoms with Crippen LogP contribution in [0.5, 0.6) is 0 Å². The van der Waals surface area contributed by atoms with Gasteiger partial charge in [0.05, 0.1) is 17.3 Å². The second-order valence-electron chi connectivity index (χ2n) is 7.67. The molecule has 0 unspecified atom stereocenters. The van der Waals surface area contributed by atoms with E-state index in [1.54, 1.807) is 16.9 Å². The number of nitrogens with zero attached hydrogens (tertiary/aromatic N) is 4. The summed E-state index contributed by atoms with van der Waals surface area (Å²) in [6.07, 6.45) is 7.33. The number of carbonyl (C=O) groups is 1. The predicted octanol–water partition coefficient (Wildman–Crippen LogP) is 1.92. The molecule has 2 saturated heterocycles. The van der Waals surface area contributed by atoms with Crippen LogP contribution in [0.3, 0.4) is 0 Å². The number of H-pyrrole nitrogens is 1. The van der Waals surface area contributed by atoms with Crippen LogP contribution in [-0.2, 0) is 0 Å². The maximum Gasteiger partial charge on any atom is 0.257 e. The maximum absolute atomic E-state index is 13.0. The van der Waals surface area contributed by atoms with E-state index in [1.807, 2.05) is 41.6 Å². The summed E-state index contributed by atoms with van der Waals surface area (Å²) in [7, 11) is 0. The van der Waals surface area contributed by atoms with E-state index in [0.29, 0.717) is 11.0 Å². The fourth-order valence-electron chi connectivity index (χ4n) is 4.29. The van der Waals surface area contributed by atoms with Gasteiger partial charge in [0.1, 0.15) is 5.65 Å². The lowest BCUT2D eigenvalue weighted by atomic mass is 9.74. The Bertz CT molecular complexity index is 1190. The van der Waals surface area contributed by atoms with Crippen molar-refractivity contribution >= 4 is 22.5 Å². The number of rotatable bonds is 2. The number of nitrogens with one attached hydrogen (secondary N) is 2. The number of likely N-dealkylation sites (tertiary alicyclic amines) is 1. The first kappa shape index (κ1) is 14.9. The van der Waals surface area contributed by atoms with Crippen LogP contribution in [0.2, 0.25) is 0 Å². The Kier molecular flexibility index (Phi) is 2.86. The van der Waals surface area contributed by atoms with Gasteiger partial charge in [0, 0.05) is 61.1 Å². The lowest BCUT2D eigenvalue weighted by Crippen LogP contribution is -2.71. The SMILES string of the molecule is O=C(c1cnn2ccc(-c3c[nH]c4ncccc34)cc12)N1CC2(CNC2)C1. The van der Waals surface area contributed by atoms with E-state index in [1.165, 1.54) is 0 Å². The molecule has 7 nitrogen and oxygen atoms in total. The Morgan fingerprint density at radius 2 is 2.11 bits per heavy atom. The van der Waals surface area contributed by atoms with Crippen molar-refractivity contribution in [2.24, 2.45) is 5.41 Å². The van der Waals surface area contributed by atoms with Gasteiger partial charge < -0.3 is 15.2 Å². The van der Waals surface area contributed by atoms with Crippen molar-refractivity contribution in [2.75, 3.05) is 26.2 Å². The van der Waals surface area contributed by atoms with Gasteiger partial charge in [-0.15, -0.1) is 0 Å². The van der Waals surface area contributed by atoms with Crippen LogP contribution in [0.1, 0.15) is 10.4 Å². The van der Waals surface area contributed by atoms with E-state index in [2.05, 4.69) is 20.4 Å². The van der Waals surface area contributed by atoms with Crippen molar-refractivity contribution in [2.45, 2.75) is 0 Å². The quantitative estimate of drug-likeness (QED) is 0.574. The molecule has 27 heavy (non-hydrogen) atoms. The van der Waals surface area contributed by atoms with E-state index in [9.17, 15) is 4.79 Å². The number of pyridine rings is 2. The smallest absolute Gasteiger partial charge is 0.257 e. The number of carbonyl (C=O) groups excluding carboxylic acids is 1. The molecular weight excluding hydrogens is 340 g/mol. The van der Waals surface area contributed by atoms with Crippen LogP contribution in [0, 0.1) is 5.41 Å². The Morgan fingerprint density at radius 3 is 2.93 bits per heavy atom. The molecule has 6 rings (SSSR count). The Morgan fingerprint density at radius 1 is 1.22 bits per heavy atom. The van der Waals surface area contributed by atoms with Crippen molar-refractivity contribution in [3.63, 3.8) is 0 Å². The third-order valence-electron chi connectivity index (χ3n) is 5.85. The Hall–Kier alpha value is -3.19. The van der Waals surface area contributed by atoms with Gasteiger partial charge in [0.25, 0.3) is 5.91 Å². The van der Waals surface area contributed by atoms with Crippen LogP contribution in [0.4, 0.5) is 0 Å². The number of fused-ring (bicyclic) bond motifs is 2. The molecule has 2 N–H and O–H groups in total. The maximum atomic E-state index is 13.0. The van der Waals surface area contributed by atoms with E-state index < -0.39 is 0 Å². The summed E-state index contributed by atoms with van der Waals surface area (Å²) in [5.41, 5.74) is 4.79. The second kappa shape index (κ2) is 5.17. The van der Waals surface area contributed by atoms with Crippen LogP contribution in [0.15, 0.2) is 49.1 Å². The summed E-state index contributed by atoms with van der Waals surface area (Å²) in [5, 5.41) is 8.74. The van der Waals surface area contributed by atoms with E-state index >= 15 is 0 Å². The minimum Gasteiger partial charge on any atom is -0.346 e. The standard InChI is InChI=1S/C20H18N6O/c27-19(25-11-20(12-25)9-21-10-20)16-8-24-26-5-3-13(6-17(16)26)15-7-23-18-14(15)2-1-4-22-18/h1-8,21H,9-12H2,(H,22,23). The highest BCUT2D eigenvalue weighted by Crippen LogP contribution is 2.35. The molecule has 2 aliphatic rings. The molecule has 1 spiro atoms. The minimum atomic E-state index is 0.0697. The zero-order valence-electron chi connectivity index (χ0n) is 14.6. The summed E-state index contributed by atoms with van der Waals surface area (Å²) >= 11 is 0. The normalized spacial score (nSPS) is 18.0. The largest absolute Gasteiger partial charge is 0.346 e. The number of aromatic nitrogens is 4. The van der Waals surface area contributed by atoms with Crippen molar-refractivity contribution in [3.05, 3.63) is 54.6 Å². The predicted molar refractivity (Wildman–Crippen MR) is 101 cm³/mol. The second-order valence-corrected chi connectivity index (χ2v) is 7.67. The zero-order valence-corrected chi connectivity index (χ0v) is 14.6. The van der Waals surface area contributed by atoms with Crippen LogP contribution >= 0.6 is 0 Å². The molecule has 1 amide bonds. The van der Waals surface area contributed by atoms with Crippen LogP contribution in [-0.4, -0.2) is 56.6 Å². The van der Waals surface area contributed by atoms with Crippen molar-refractivity contribution in [1.82, 2.24) is 29.8 Å². The summed E-state index contributed by atoms with van der Waals surface area (Å²) in [6.45, 7) is 3.71. The van der Waals surface area contributed by atoms with E-state index in [4.69, 9.17) is 0 Å². The highest BCUT2D eigenvalue weighted by atomic mass is 16.2. The van der Waals surface area contributed by atoms with Crippen LogP contribution in [0.25, 0.3) is 27.7 Å². The fraction of sp³-hybridized carbons (Fsp3) is 0.250. The molecule has 0 aromatic carbocycles. The average molecular weight is 358 g/mol. The molecule has 6 heterocycles. The summed E-state index contributed by atoms with van der Waals surface area (Å²) < 4.78 is 1.77. The van der Waals surface area contributed by atoms with Gasteiger partial charge >= 0.3 is 0 Å². The monoisotopic (exact) mass is 358 g/mol. The first-order valence-electron chi connectivity index (χ1n) is 9.12. The molecule has 4 aromatic heterocycles. The van der Waals surface area contributed by atoms with Gasteiger partial charge in [-0.05, 0) is 29.8 Å². The van der Waals surface area contributed by atoms with Gasteiger partial charge in [-0.1, -0.05) is 0 Å². The zero-order chi connectivity index (χ0) is 18.0. The molecule has 0 saturated carbocycles. The molecule has 0 atom stereocenters. The topological polar surface area (TPSA) is 78.3 Å². The molecule has 0 bridgehead atoms. The molecule has 7 heteroatoms. The Labute approximate surface area is 155 Å². The lowest BCUT2D eigenvalue weighted by molar-refractivity contribution is -0.0247. The van der Waals surface area contributed by atoms with Gasteiger partial charge in [-0.25, -0.2) is 9.50 Å². The number of hydrogen-bond acceptors (Lipinski definition) is 4. The number of hydrogen-bond donors (Lipinski definition) is 2. The number of aromatic amines is 1. The van der Waals surface area contributed by atoms with Gasteiger partial charge in [0.2, 0.25) is 0 Å². The van der Waals surface area contributed by atoms with Crippen LogP contribution < -0.4 is 5.32 Å². The molecule has 2 aliphatic heterocycles. The molecule has 134 valence electrons. The van der Waals surface area contributed by atoms with Gasteiger partial charge in [-0.3, -0.25) is 4.79 Å². The fourth-order valence-corrected chi connectivity index (χ4v) is 4.29. The van der Waals surface area contributed by atoms with E-state index in [-0.39, 0.29) is 5.91 Å². The average Bonchev–Trinajstić information content (AvgIpc) is 3.22. The molecule has 0 radical (unpaired) electrons. The summed E-state index contributed by atoms with van der Waals surface area (Å²) in [4.78, 5) is 22.5. The molecule has 4 aromatic rings. The van der Waals surface area contributed by atoms with Crippen molar-refractivity contribution in [1.29, 1.82) is 0 Å². The van der Waals surface area contributed by atoms with Gasteiger partial charge in [0.15, 0.2) is 0 Å². The van der Waals surface area contributed by atoms with Gasteiger partial charge in [-0.2, -0.15) is 5.10 Å². The van der Waals surface area contributed by atoms with E-state index in [0.717, 1.165) is 53.9 Å². The first-order chi connectivity index (χ1) is 13.2. The first-order valence-corrected chi connectivity index (χ1v) is 9.12. The lowest BCUT2D eigenvalue weighted by Gasteiger charge is -2.55. The summed E-state index contributed by atoms with van der Waals surface area (Å²) in [5.74, 6) is 0.0697. The number of amides is 1. The third kappa shape index (κ3) is 2.09. The van der Waals surface area contributed by atoms with Crippen molar-refractivity contribution in [3.8, 4) is 11.1 Å². The minimum absolute atomic E-state index is 0.0697.